The highest BCUT2D eigenvalue weighted by Crippen LogP contribution is 2.59. The molecule has 0 aliphatic heterocycles. The number of carbonyl (C=O) groups excluding carboxylic acids is 1. The van der Waals surface area contributed by atoms with E-state index in [1.54, 1.807) is 6.20 Å². The summed E-state index contributed by atoms with van der Waals surface area (Å²) < 4.78 is 1.96. The molecule has 3 atom stereocenters. The van der Waals surface area contributed by atoms with Gasteiger partial charge in [-0.15, -0.1) is 0 Å². The summed E-state index contributed by atoms with van der Waals surface area (Å²) in [6.07, 6.45) is 5.90. The molecule has 4 nitrogen and oxygen atoms in total. The maximum Gasteiger partial charge on any atom is 0.225 e. The van der Waals surface area contributed by atoms with Gasteiger partial charge in [-0.2, -0.15) is 0 Å². The third kappa shape index (κ3) is 3.39. The van der Waals surface area contributed by atoms with E-state index in [2.05, 4.69) is 44.1 Å². The van der Waals surface area contributed by atoms with Crippen molar-refractivity contribution in [3.05, 3.63) is 65.8 Å². The maximum absolute atomic E-state index is 13.0. The first kappa shape index (κ1) is 17.5. The van der Waals surface area contributed by atoms with Gasteiger partial charge in [-0.25, -0.2) is 4.98 Å². The molecule has 132 valence electrons. The molecular formula is C21H27N3O. The van der Waals surface area contributed by atoms with Gasteiger partial charge in [0.05, 0.1) is 5.92 Å². The topological polar surface area (TPSA) is 46.9 Å². The summed E-state index contributed by atoms with van der Waals surface area (Å²) in [5.74, 6) is 1.25. The number of aromatic nitrogens is 2. The number of nitrogens with zero attached hydrogens (tertiary/aromatic N) is 2. The Morgan fingerprint density at radius 1 is 1.28 bits per heavy atom. The molecule has 1 aromatic carbocycles. The van der Waals surface area contributed by atoms with E-state index in [-0.39, 0.29) is 23.3 Å². The normalized spacial score (nSPS) is 22.1. The minimum atomic E-state index is -0.238. The van der Waals surface area contributed by atoms with E-state index in [0.29, 0.717) is 5.92 Å². The lowest BCUT2D eigenvalue weighted by Gasteiger charge is -2.19. The van der Waals surface area contributed by atoms with Gasteiger partial charge in [-0.1, -0.05) is 55.8 Å². The molecule has 2 aromatic rings. The van der Waals surface area contributed by atoms with Gasteiger partial charge < -0.3 is 9.88 Å². The fraction of sp³-hybridized carbons (Fsp3) is 0.429. The zero-order valence-corrected chi connectivity index (χ0v) is 15.7. The number of amides is 1. The Morgan fingerprint density at radius 2 is 1.96 bits per heavy atom. The monoisotopic (exact) mass is 337 g/mol. The van der Waals surface area contributed by atoms with Crippen LogP contribution in [0, 0.1) is 17.3 Å². The number of imidazole rings is 1. The number of allylic oxidation sites excluding steroid dienone is 2. The maximum atomic E-state index is 13.0. The van der Waals surface area contributed by atoms with Crippen molar-refractivity contribution in [3.63, 3.8) is 0 Å². The smallest absolute Gasteiger partial charge is 0.225 e. The van der Waals surface area contributed by atoms with E-state index in [9.17, 15) is 4.79 Å². The number of benzene rings is 1. The van der Waals surface area contributed by atoms with Gasteiger partial charge in [0.2, 0.25) is 5.91 Å². The van der Waals surface area contributed by atoms with Gasteiger partial charge in [0.25, 0.3) is 0 Å². The standard InChI is InChI=1S/C21H27N3O/c1-14(2)13-16-17(21(16,3)4)20(25)23-18(15-9-7-6-8-10-15)19-22-11-12-24(19)5/h6-13,16-18H,1-5H3,(H,23,25)/t16-,17-,18+/m1/s1. The Morgan fingerprint density at radius 3 is 2.52 bits per heavy atom. The molecule has 0 spiro atoms. The molecule has 0 unspecified atom stereocenters. The number of hydrogen-bond acceptors (Lipinski definition) is 2. The number of aryl methyl sites for hydroxylation is 1. The van der Waals surface area contributed by atoms with Crippen LogP contribution < -0.4 is 5.32 Å². The number of rotatable bonds is 5. The Kier molecular flexibility index (Phi) is 4.55. The minimum absolute atomic E-state index is 0.00419. The van der Waals surface area contributed by atoms with Crippen LogP contribution >= 0.6 is 0 Å². The molecule has 4 heteroatoms. The van der Waals surface area contributed by atoms with Gasteiger partial charge in [0.1, 0.15) is 11.9 Å². The van der Waals surface area contributed by atoms with Crippen LogP contribution in [0.2, 0.25) is 0 Å². The van der Waals surface area contributed by atoms with E-state index in [0.717, 1.165) is 11.4 Å². The predicted octanol–water partition coefficient (Wildman–Crippen LogP) is 3.86. The second-order valence-corrected chi connectivity index (χ2v) is 7.82. The molecule has 1 aliphatic rings. The van der Waals surface area contributed by atoms with Gasteiger partial charge in [0, 0.05) is 19.4 Å². The van der Waals surface area contributed by atoms with E-state index in [1.165, 1.54) is 5.57 Å². The molecule has 1 aromatic heterocycles. The van der Waals surface area contributed by atoms with Gasteiger partial charge in [-0.3, -0.25) is 4.79 Å². The first-order valence-electron chi connectivity index (χ1n) is 8.80. The van der Waals surface area contributed by atoms with E-state index >= 15 is 0 Å². The van der Waals surface area contributed by atoms with Crippen molar-refractivity contribution in [1.82, 2.24) is 14.9 Å². The van der Waals surface area contributed by atoms with Gasteiger partial charge in [0.15, 0.2) is 0 Å². The van der Waals surface area contributed by atoms with E-state index in [4.69, 9.17) is 0 Å². The molecule has 1 heterocycles. The highest BCUT2D eigenvalue weighted by molar-refractivity contribution is 5.84. The van der Waals surface area contributed by atoms with Crippen molar-refractivity contribution < 1.29 is 4.79 Å². The third-order valence-electron chi connectivity index (χ3n) is 5.24. The number of nitrogens with one attached hydrogen (secondary N) is 1. The molecule has 0 bridgehead atoms. The lowest BCUT2D eigenvalue weighted by Crippen LogP contribution is -2.33. The second kappa shape index (κ2) is 6.51. The molecule has 1 aliphatic carbocycles. The third-order valence-corrected chi connectivity index (χ3v) is 5.24. The second-order valence-electron chi connectivity index (χ2n) is 7.82. The molecule has 25 heavy (non-hydrogen) atoms. The predicted molar refractivity (Wildman–Crippen MR) is 99.8 cm³/mol. The minimum Gasteiger partial charge on any atom is -0.342 e. The lowest BCUT2D eigenvalue weighted by atomic mass is 10.0. The van der Waals surface area contributed by atoms with Gasteiger partial charge >= 0.3 is 0 Å². The molecule has 0 saturated heterocycles. The van der Waals surface area contributed by atoms with Crippen LogP contribution in [0.15, 0.2) is 54.4 Å². The summed E-state index contributed by atoms with van der Waals surface area (Å²) >= 11 is 0. The first-order chi connectivity index (χ1) is 11.8. The summed E-state index contributed by atoms with van der Waals surface area (Å²) in [7, 11) is 1.96. The van der Waals surface area contributed by atoms with Crippen molar-refractivity contribution in [3.8, 4) is 0 Å². The van der Waals surface area contributed by atoms with Crippen molar-refractivity contribution in [1.29, 1.82) is 0 Å². The van der Waals surface area contributed by atoms with Crippen LogP contribution in [0.25, 0.3) is 0 Å². The molecule has 1 fully saturated rings. The highest BCUT2D eigenvalue weighted by Gasteiger charge is 2.60. The fourth-order valence-corrected chi connectivity index (χ4v) is 3.68. The molecule has 1 saturated carbocycles. The summed E-state index contributed by atoms with van der Waals surface area (Å²) in [4.78, 5) is 17.5. The Bertz CT molecular complexity index is 784. The Labute approximate surface area is 150 Å². The van der Waals surface area contributed by atoms with Crippen molar-refractivity contribution in [2.75, 3.05) is 0 Å². The summed E-state index contributed by atoms with van der Waals surface area (Å²) in [6.45, 7) is 8.51. The van der Waals surface area contributed by atoms with Crippen molar-refractivity contribution in [2.24, 2.45) is 24.3 Å². The molecular weight excluding hydrogens is 310 g/mol. The van der Waals surface area contributed by atoms with Crippen LogP contribution in [0.5, 0.6) is 0 Å². The average Bonchev–Trinajstić information content (AvgIpc) is 2.88. The molecule has 1 amide bonds. The van der Waals surface area contributed by atoms with E-state index < -0.39 is 0 Å². The van der Waals surface area contributed by atoms with Crippen molar-refractivity contribution in [2.45, 2.75) is 33.7 Å². The van der Waals surface area contributed by atoms with Crippen LogP contribution in [-0.4, -0.2) is 15.5 Å². The molecule has 0 radical (unpaired) electrons. The first-order valence-corrected chi connectivity index (χ1v) is 8.80. The van der Waals surface area contributed by atoms with Crippen LogP contribution in [0.1, 0.15) is 45.1 Å². The quantitative estimate of drug-likeness (QED) is 0.842. The zero-order chi connectivity index (χ0) is 18.2. The molecule has 3 rings (SSSR count). The Balaban J connectivity index is 1.86. The number of carbonyl (C=O) groups is 1. The molecule has 1 N–H and O–H groups in total. The summed E-state index contributed by atoms with van der Waals surface area (Å²) in [5, 5.41) is 3.25. The fourth-order valence-electron chi connectivity index (χ4n) is 3.68. The number of hydrogen-bond donors (Lipinski definition) is 1. The van der Waals surface area contributed by atoms with Crippen molar-refractivity contribution >= 4 is 5.91 Å². The summed E-state index contributed by atoms with van der Waals surface area (Å²) in [6, 6.07) is 9.79. The zero-order valence-electron chi connectivity index (χ0n) is 15.7. The lowest BCUT2D eigenvalue weighted by molar-refractivity contribution is -0.123. The van der Waals surface area contributed by atoms with Crippen LogP contribution in [0.4, 0.5) is 0 Å². The summed E-state index contributed by atoms with van der Waals surface area (Å²) in [5.41, 5.74) is 2.31. The van der Waals surface area contributed by atoms with E-state index in [1.807, 2.05) is 48.1 Å². The average molecular weight is 337 g/mol. The van der Waals surface area contributed by atoms with Crippen LogP contribution in [0.3, 0.4) is 0 Å². The Hall–Kier alpha value is -2.36. The largest absolute Gasteiger partial charge is 0.342 e. The SMILES string of the molecule is CC(C)=C[C@@H]1[C@H](C(=O)N[C@@H](c2ccccc2)c2nccn2C)C1(C)C. The van der Waals surface area contributed by atoms with Gasteiger partial charge in [-0.05, 0) is 30.7 Å². The highest BCUT2D eigenvalue weighted by atomic mass is 16.2. The van der Waals surface area contributed by atoms with Crippen LogP contribution in [-0.2, 0) is 11.8 Å².